The lowest BCUT2D eigenvalue weighted by Crippen LogP contribution is -1.77. The first-order chi connectivity index (χ1) is 6.42. The maximum Gasteiger partial charge on any atom is 0.0345 e. The number of hydrogen-bond donors (Lipinski definition) is 0. The normalized spacial score (nSPS) is 10.8. The van der Waals surface area contributed by atoms with Crippen molar-refractivity contribution in [3.63, 3.8) is 0 Å². The number of fused-ring (bicyclic) bond motifs is 1. The summed E-state index contributed by atoms with van der Waals surface area (Å²) in [5.41, 5.74) is 1.49. The minimum Gasteiger partial charge on any atom is -0.157 e. The molecule has 0 aliphatic heterocycles. The highest BCUT2D eigenvalue weighted by molar-refractivity contribution is 7.98. The highest BCUT2D eigenvalue weighted by Crippen LogP contribution is 2.28. The molecule has 0 aliphatic rings. The molecule has 0 fully saturated rings. The van der Waals surface area contributed by atoms with E-state index in [1.165, 1.54) is 21.4 Å². The maximum atomic E-state index is 2.29. The van der Waals surface area contributed by atoms with E-state index in [2.05, 4.69) is 36.6 Å². The highest BCUT2D eigenvalue weighted by atomic mass is 32.2. The van der Waals surface area contributed by atoms with Gasteiger partial charge < -0.3 is 0 Å². The van der Waals surface area contributed by atoms with Crippen LogP contribution in [0.4, 0.5) is 0 Å². The second-order valence-electron chi connectivity index (χ2n) is 2.89. The van der Waals surface area contributed by atoms with Crippen molar-refractivity contribution in [2.24, 2.45) is 0 Å². The lowest BCUT2D eigenvalue weighted by atomic mass is 10.2. The summed E-state index contributed by atoms with van der Waals surface area (Å²) in [5.74, 6) is 2.35. The van der Waals surface area contributed by atoms with Crippen LogP contribution in [0, 0.1) is 0 Å². The molecule has 0 saturated heterocycles. The average molecular weight is 208 g/mol. The minimum atomic E-state index is 1.15. The smallest absolute Gasteiger partial charge is 0.0345 e. The molecule has 2 heteroatoms. The van der Waals surface area contributed by atoms with E-state index in [0.29, 0.717) is 0 Å². The molecule has 2 aromatic rings. The van der Waals surface area contributed by atoms with Crippen molar-refractivity contribution in [3.05, 3.63) is 35.2 Å². The van der Waals surface area contributed by atoms with Crippen LogP contribution in [0.15, 0.2) is 29.6 Å². The van der Waals surface area contributed by atoms with E-state index in [1.807, 2.05) is 23.1 Å². The van der Waals surface area contributed by atoms with Crippen LogP contribution in [0.2, 0.25) is 0 Å². The van der Waals surface area contributed by atoms with Crippen LogP contribution >= 0.6 is 23.1 Å². The van der Waals surface area contributed by atoms with Gasteiger partial charge in [0.05, 0.1) is 0 Å². The van der Waals surface area contributed by atoms with Gasteiger partial charge in [0, 0.05) is 10.5 Å². The molecule has 0 N–H and O–H groups in total. The van der Waals surface area contributed by atoms with E-state index in [4.69, 9.17) is 0 Å². The summed E-state index contributed by atoms with van der Waals surface area (Å²) >= 11 is 3.84. The third kappa shape index (κ3) is 1.89. The van der Waals surface area contributed by atoms with Gasteiger partial charge in [-0.25, -0.2) is 0 Å². The third-order valence-corrected chi connectivity index (χ3v) is 3.96. The molecule has 1 heterocycles. The number of thiophene rings is 1. The molecule has 2 rings (SSSR count). The summed E-state index contributed by atoms with van der Waals surface area (Å²) in [6.07, 6.45) is 0. The van der Waals surface area contributed by atoms with Crippen LogP contribution in [-0.4, -0.2) is 5.75 Å². The van der Waals surface area contributed by atoms with E-state index in [1.54, 1.807) is 0 Å². The first-order valence-corrected chi connectivity index (χ1v) is 6.48. The molecule has 0 spiro atoms. The Morgan fingerprint density at radius 2 is 2.15 bits per heavy atom. The topological polar surface area (TPSA) is 0 Å². The van der Waals surface area contributed by atoms with Gasteiger partial charge in [0.1, 0.15) is 0 Å². The summed E-state index contributed by atoms with van der Waals surface area (Å²) in [4.78, 5) is 0. The number of hydrogen-bond acceptors (Lipinski definition) is 2. The summed E-state index contributed by atoms with van der Waals surface area (Å²) in [6.45, 7) is 2.21. The molecule has 0 bridgehead atoms. The van der Waals surface area contributed by atoms with Crippen molar-refractivity contribution in [2.45, 2.75) is 12.7 Å². The third-order valence-electron chi connectivity index (χ3n) is 2.02. The highest BCUT2D eigenvalue weighted by Gasteiger charge is 2.01. The summed E-state index contributed by atoms with van der Waals surface area (Å²) < 4.78 is 1.41. The maximum absolute atomic E-state index is 2.29. The first kappa shape index (κ1) is 9.10. The molecule has 0 unspecified atom stereocenters. The zero-order valence-corrected chi connectivity index (χ0v) is 9.25. The molecule has 0 nitrogen and oxygen atoms in total. The molecule has 0 atom stereocenters. The Bertz CT molecular complexity index is 390. The summed E-state index contributed by atoms with van der Waals surface area (Å²) in [7, 11) is 0. The van der Waals surface area contributed by atoms with Gasteiger partial charge in [-0.15, -0.1) is 11.3 Å². The molecule has 0 saturated carbocycles. The van der Waals surface area contributed by atoms with Crippen molar-refractivity contribution in [3.8, 4) is 0 Å². The number of thioether (sulfide) groups is 1. The fourth-order valence-corrected chi connectivity index (χ4v) is 3.09. The van der Waals surface area contributed by atoms with Crippen molar-refractivity contribution in [2.75, 3.05) is 5.75 Å². The quantitative estimate of drug-likeness (QED) is 0.730. The second kappa shape index (κ2) is 4.16. The Morgan fingerprint density at radius 1 is 1.31 bits per heavy atom. The SMILES string of the molecule is CCSCc1csc2ccccc12. The van der Waals surface area contributed by atoms with Crippen molar-refractivity contribution >= 4 is 33.2 Å². The Morgan fingerprint density at radius 3 is 3.00 bits per heavy atom. The molecule has 68 valence electrons. The van der Waals surface area contributed by atoms with Crippen LogP contribution < -0.4 is 0 Å². The van der Waals surface area contributed by atoms with Crippen molar-refractivity contribution < 1.29 is 0 Å². The van der Waals surface area contributed by atoms with Gasteiger partial charge >= 0.3 is 0 Å². The van der Waals surface area contributed by atoms with Crippen LogP contribution in [-0.2, 0) is 5.75 Å². The molecule has 1 aromatic heterocycles. The lowest BCUT2D eigenvalue weighted by molar-refractivity contribution is 1.45. The van der Waals surface area contributed by atoms with Gasteiger partial charge in [-0.05, 0) is 28.1 Å². The summed E-state index contributed by atoms with van der Waals surface area (Å²) in [6, 6.07) is 8.64. The van der Waals surface area contributed by atoms with Crippen LogP contribution in [0.25, 0.3) is 10.1 Å². The standard InChI is InChI=1S/C11H12S2/c1-2-12-7-9-8-13-11-6-4-3-5-10(9)11/h3-6,8H,2,7H2,1H3. The van der Waals surface area contributed by atoms with E-state index in [-0.39, 0.29) is 0 Å². The molecule has 0 aliphatic carbocycles. The Hall–Kier alpha value is -0.470. The second-order valence-corrected chi connectivity index (χ2v) is 5.08. The van der Waals surface area contributed by atoms with Gasteiger partial charge in [-0.3, -0.25) is 0 Å². The molecular formula is C11H12S2. The zero-order valence-electron chi connectivity index (χ0n) is 7.62. The van der Waals surface area contributed by atoms with Gasteiger partial charge in [0.2, 0.25) is 0 Å². The molecule has 1 aromatic carbocycles. The average Bonchev–Trinajstić information content (AvgIpc) is 2.58. The van der Waals surface area contributed by atoms with Crippen LogP contribution in [0.3, 0.4) is 0 Å². The molecule has 13 heavy (non-hydrogen) atoms. The molecule has 0 radical (unpaired) electrons. The lowest BCUT2D eigenvalue weighted by Gasteiger charge is -1.96. The number of rotatable bonds is 3. The predicted octanol–water partition coefficient (Wildman–Crippen LogP) is 4.15. The van der Waals surface area contributed by atoms with E-state index < -0.39 is 0 Å². The Kier molecular flexibility index (Phi) is 2.91. The fourth-order valence-electron chi connectivity index (χ4n) is 1.36. The predicted molar refractivity (Wildman–Crippen MR) is 63.7 cm³/mol. The largest absolute Gasteiger partial charge is 0.157 e. The van der Waals surface area contributed by atoms with Crippen LogP contribution in [0.1, 0.15) is 12.5 Å². The van der Waals surface area contributed by atoms with Gasteiger partial charge in [-0.2, -0.15) is 11.8 Å². The Labute approximate surface area is 87.0 Å². The zero-order chi connectivity index (χ0) is 9.10. The van der Waals surface area contributed by atoms with Crippen molar-refractivity contribution in [1.29, 1.82) is 0 Å². The molecule has 0 amide bonds. The van der Waals surface area contributed by atoms with Gasteiger partial charge in [0.15, 0.2) is 0 Å². The summed E-state index contributed by atoms with van der Waals surface area (Å²) in [5, 5.41) is 3.72. The van der Waals surface area contributed by atoms with E-state index >= 15 is 0 Å². The Balaban J connectivity index is 2.35. The van der Waals surface area contributed by atoms with E-state index in [0.717, 1.165) is 5.75 Å². The minimum absolute atomic E-state index is 1.15. The van der Waals surface area contributed by atoms with Crippen molar-refractivity contribution in [1.82, 2.24) is 0 Å². The fraction of sp³-hybridized carbons (Fsp3) is 0.273. The van der Waals surface area contributed by atoms with E-state index in [9.17, 15) is 0 Å². The molecular weight excluding hydrogens is 196 g/mol. The van der Waals surface area contributed by atoms with Gasteiger partial charge in [-0.1, -0.05) is 25.1 Å². The first-order valence-electron chi connectivity index (χ1n) is 4.44. The number of benzene rings is 1. The monoisotopic (exact) mass is 208 g/mol. The van der Waals surface area contributed by atoms with Gasteiger partial charge in [0.25, 0.3) is 0 Å². The van der Waals surface area contributed by atoms with Crippen LogP contribution in [0.5, 0.6) is 0 Å².